The van der Waals surface area contributed by atoms with Gasteiger partial charge in [-0.1, -0.05) is 18.2 Å². The van der Waals surface area contributed by atoms with Gasteiger partial charge in [-0.15, -0.1) is 0 Å². The summed E-state index contributed by atoms with van der Waals surface area (Å²) >= 11 is 0. The number of hydrogen-bond acceptors (Lipinski definition) is 5. The number of β-amino-alcohol motifs (C(OH)–C–C–N with tert-alkyl or cyclic N) is 1. The van der Waals surface area contributed by atoms with Gasteiger partial charge in [0.2, 0.25) is 0 Å². The number of hydrogen-bond donors (Lipinski definition) is 1. The number of rotatable bonds is 6. The Morgan fingerprint density at radius 1 is 1.26 bits per heavy atom. The molecule has 0 radical (unpaired) electrons. The molecule has 128 valence electrons. The van der Waals surface area contributed by atoms with Gasteiger partial charge in [-0.2, -0.15) is 0 Å². The Balaban J connectivity index is 1.69. The third kappa shape index (κ3) is 5.41. The van der Waals surface area contributed by atoms with Crippen LogP contribution in [0.1, 0.15) is 12.5 Å². The summed E-state index contributed by atoms with van der Waals surface area (Å²) in [7, 11) is 0. The number of aliphatic hydroxyl groups is 1. The van der Waals surface area contributed by atoms with Crippen molar-refractivity contribution in [2.75, 3.05) is 45.9 Å². The molecule has 1 aromatic rings. The molecule has 0 aromatic heterocycles. The molecule has 0 saturated carbocycles. The molecule has 0 unspecified atom stereocenters. The van der Waals surface area contributed by atoms with E-state index in [0.717, 1.165) is 24.4 Å². The number of carbonyl (C=O) groups is 1. The highest BCUT2D eigenvalue weighted by Crippen LogP contribution is 2.16. The van der Waals surface area contributed by atoms with E-state index in [2.05, 4.69) is 4.90 Å². The second-order valence-corrected chi connectivity index (χ2v) is 5.72. The third-order valence-corrected chi connectivity index (χ3v) is 3.89. The van der Waals surface area contributed by atoms with Crippen molar-refractivity contribution in [2.45, 2.75) is 20.0 Å². The van der Waals surface area contributed by atoms with E-state index in [-0.39, 0.29) is 12.7 Å². The van der Waals surface area contributed by atoms with Gasteiger partial charge >= 0.3 is 6.09 Å². The van der Waals surface area contributed by atoms with E-state index in [4.69, 9.17) is 9.47 Å². The zero-order valence-electron chi connectivity index (χ0n) is 13.9. The van der Waals surface area contributed by atoms with E-state index < -0.39 is 6.10 Å². The van der Waals surface area contributed by atoms with Crippen molar-refractivity contribution in [3.8, 4) is 5.75 Å². The van der Waals surface area contributed by atoms with Crippen molar-refractivity contribution in [2.24, 2.45) is 0 Å². The van der Waals surface area contributed by atoms with Crippen LogP contribution < -0.4 is 4.74 Å². The smallest absolute Gasteiger partial charge is 0.409 e. The van der Waals surface area contributed by atoms with Gasteiger partial charge in [0.25, 0.3) is 0 Å². The molecule has 1 atom stereocenters. The summed E-state index contributed by atoms with van der Waals surface area (Å²) in [5.74, 6) is 0.804. The van der Waals surface area contributed by atoms with Crippen molar-refractivity contribution < 1.29 is 19.4 Å². The summed E-state index contributed by atoms with van der Waals surface area (Å²) in [6, 6.07) is 7.77. The van der Waals surface area contributed by atoms with Gasteiger partial charge in [0.15, 0.2) is 0 Å². The first-order valence-corrected chi connectivity index (χ1v) is 8.10. The standard InChI is InChI=1S/C17H26N2O4/c1-3-22-17(21)19-10-8-18(9-11-19)12-15(20)13-23-16-7-5-4-6-14(16)2/h4-7,15,20H,3,8-13H2,1-2H3/t15-/m0/s1. The summed E-state index contributed by atoms with van der Waals surface area (Å²) in [6.45, 7) is 7.73. The first-order chi connectivity index (χ1) is 11.1. The van der Waals surface area contributed by atoms with E-state index >= 15 is 0 Å². The van der Waals surface area contributed by atoms with Crippen LogP contribution in [-0.2, 0) is 4.74 Å². The summed E-state index contributed by atoms with van der Waals surface area (Å²) in [5, 5.41) is 10.1. The fourth-order valence-electron chi connectivity index (χ4n) is 2.58. The van der Waals surface area contributed by atoms with E-state index in [9.17, 15) is 9.90 Å². The van der Waals surface area contributed by atoms with Gasteiger partial charge in [0, 0.05) is 32.7 Å². The summed E-state index contributed by atoms with van der Waals surface area (Å²) in [4.78, 5) is 15.5. The van der Waals surface area contributed by atoms with Crippen LogP contribution in [0.3, 0.4) is 0 Å². The minimum absolute atomic E-state index is 0.254. The Bertz CT molecular complexity index is 501. The van der Waals surface area contributed by atoms with Crippen LogP contribution in [0.2, 0.25) is 0 Å². The molecule has 0 bridgehead atoms. The number of ether oxygens (including phenoxy) is 2. The summed E-state index contributed by atoms with van der Waals surface area (Å²) in [5.41, 5.74) is 1.06. The highest BCUT2D eigenvalue weighted by atomic mass is 16.6. The zero-order valence-corrected chi connectivity index (χ0v) is 13.9. The molecular weight excluding hydrogens is 296 g/mol. The van der Waals surface area contributed by atoms with Gasteiger partial charge in [-0.3, -0.25) is 4.90 Å². The van der Waals surface area contributed by atoms with Crippen LogP contribution in [0.5, 0.6) is 5.75 Å². The number of aryl methyl sites for hydroxylation is 1. The van der Waals surface area contributed by atoms with Crippen LogP contribution in [-0.4, -0.2) is 73.0 Å². The molecule has 1 amide bonds. The number of carbonyl (C=O) groups excluding carboxylic acids is 1. The average Bonchev–Trinajstić information content (AvgIpc) is 2.55. The Labute approximate surface area is 137 Å². The molecule has 2 rings (SSSR count). The van der Waals surface area contributed by atoms with Gasteiger partial charge < -0.3 is 19.5 Å². The second-order valence-electron chi connectivity index (χ2n) is 5.72. The lowest BCUT2D eigenvalue weighted by molar-refractivity contribution is 0.0406. The number of amides is 1. The maximum Gasteiger partial charge on any atom is 0.409 e. The maximum absolute atomic E-state index is 11.6. The minimum Gasteiger partial charge on any atom is -0.491 e. The van der Waals surface area contributed by atoms with Gasteiger partial charge in [-0.25, -0.2) is 4.79 Å². The molecule has 6 nitrogen and oxygen atoms in total. The zero-order chi connectivity index (χ0) is 16.7. The van der Waals surface area contributed by atoms with Crippen LogP contribution in [0, 0.1) is 6.92 Å². The van der Waals surface area contributed by atoms with Crippen LogP contribution in [0.15, 0.2) is 24.3 Å². The largest absolute Gasteiger partial charge is 0.491 e. The van der Waals surface area contributed by atoms with E-state index in [1.54, 1.807) is 11.8 Å². The molecule has 1 saturated heterocycles. The molecule has 1 aromatic carbocycles. The SMILES string of the molecule is CCOC(=O)N1CCN(C[C@H](O)COc2ccccc2C)CC1. The monoisotopic (exact) mass is 322 g/mol. The van der Waals surface area contributed by atoms with Crippen molar-refractivity contribution >= 4 is 6.09 Å². The highest BCUT2D eigenvalue weighted by Gasteiger charge is 2.23. The predicted octanol–water partition coefficient (Wildman–Crippen LogP) is 1.51. The van der Waals surface area contributed by atoms with Crippen molar-refractivity contribution in [1.29, 1.82) is 0 Å². The van der Waals surface area contributed by atoms with E-state index in [1.807, 2.05) is 31.2 Å². The fraction of sp³-hybridized carbons (Fsp3) is 0.588. The Morgan fingerprint density at radius 3 is 2.61 bits per heavy atom. The Morgan fingerprint density at radius 2 is 1.96 bits per heavy atom. The Kier molecular flexibility index (Phi) is 6.67. The fourth-order valence-corrected chi connectivity index (χ4v) is 2.58. The van der Waals surface area contributed by atoms with E-state index in [0.29, 0.717) is 26.2 Å². The molecule has 1 aliphatic rings. The first kappa shape index (κ1) is 17.6. The second kappa shape index (κ2) is 8.74. The number of benzene rings is 1. The molecule has 0 spiro atoms. The number of aliphatic hydroxyl groups excluding tert-OH is 1. The number of piperazine rings is 1. The topological polar surface area (TPSA) is 62.2 Å². The molecule has 23 heavy (non-hydrogen) atoms. The van der Waals surface area contributed by atoms with Gasteiger partial charge in [-0.05, 0) is 25.5 Å². The molecular formula is C17H26N2O4. The van der Waals surface area contributed by atoms with Crippen LogP contribution in [0.4, 0.5) is 4.79 Å². The van der Waals surface area contributed by atoms with Gasteiger partial charge in [0.05, 0.1) is 6.61 Å². The molecule has 1 aliphatic heterocycles. The maximum atomic E-state index is 11.6. The molecule has 0 aliphatic carbocycles. The molecule has 1 N–H and O–H groups in total. The summed E-state index contributed by atoms with van der Waals surface area (Å²) < 4.78 is 10.7. The lowest BCUT2D eigenvalue weighted by atomic mass is 10.2. The predicted molar refractivity (Wildman–Crippen MR) is 87.7 cm³/mol. The summed E-state index contributed by atoms with van der Waals surface area (Å²) in [6.07, 6.45) is -0.806. The van der Waals surface area contributed by atoms with Crippen molar-refractivity contribution in [3.05, 3.63) is 29.8 Å². The normalized spacial score (nSPS) is 16.9. The van der Waals surface area contributed by atoms with E-state index in [1.165, 1.54) is 0 Å². The molecule has 1 fully saturated rings. The van der Waals surface area contributed by atoms with Crippen molar-refractivity contribution in [1.82, 2.24) is 9.80 Å². The first-order valence-electron chi connectivity index (χ1n) is 8.10. The lowest BCUT2D eigenvalue weighted by Gasteiger charge is -2.34. The third-order valence-electron chi connectivity index (χ3n) is 3.89. The highest BCUT2D eigenvalue weighted by molar-refractivity contribution is 5.67. The lowest BCUT2D eigenvalue weighted by Crippen LogP contribution is -2.51. The van der Waals surface area contributed by atoms with Crippen LogP contribution >= 0.6 is 0 Å². The molecule has 6 heteroatoms. The minimum atomic E-state index is -0.552. The Hall–Kier alpha value is -1.79. The number of nitrogens with zero attached hydrogens (tertiary/aromatic N) is 2. The van der Waals surface area contributed by atoms with Gasteiger partial charge in [0.1, 0.15) is 18.5 Å². The van der Waals surface area contributed by atoms with Crippen LogP contribution in [0.25, 0.3) is 0 Å². The number of para-hydroxylation sites is 1. The quantitative estimate of drug-likeness (QED) is 0.860. The van der Waals surface area contributed by atoms with Crippen molar-refractivity contribution in [3.63, 3.8) is 0 Å². The molecule has 1 heterocycles. The average molecular weight is 322 g/mol.